The minimum absolute atomic E-state index is 0.0239. The van der Waals surface area contributed by atoms with Crippen LogP contribution in [0.25, 0.3) is 10.2 Å². The fourth-order valence-corrected chi connectivity index (χ4v) is 4.20. The van der Waals surface area contributed by atoms with Gasteiger partial charge >= 0.3 is 5.97 Å². The maximum atomic E-state index is 12.6. The first-order valence-corrected chi connectivity index (χ1v) is 9.93. The van der Waals surface area contributed by atoms with Crippen molar-refractivity contribution < 1.29 is 23.8 Å². The summed E-state index contributed by atoms with van der Waals surface area (Å²) in [5.41, 5.74) is 2.45. The van der Waals surface area contributed by atoms with E-state index < -0.39 is 5.97 Å². The van der Waals surface area contributed by atoms with E-state index in [1.54, 1.807) is 22.2 Å². The zero-order chi connectivity index (χ0) is 20.5. The summed E-state index contributed by atoms with van der Waals surface area (Å²) < 4.78 is 20.1. The smallest absolute Gasteiger partial charge is 0.326 e. The van der Waals surface area contributed by atoms with Gasteiger partial charge in [0.1, 0.15) is 13.1 Å². The molecule has 0 fully saturated rings. The highest BCUT2D eigenvalue weighted by Gasteiger charge is 2.19. The lowest BCUT2D eigenvalue weighted by molar-refractivity contribution is -0.143. The lowest BCUT2D eigenvalue weighted by Crippen LogP contribution is -2.24. The summed E-state index contributed by atoms with van der Waals surface area (Å²) in [6, 6.07) is 5.52. The summed E-state index contributed by atoms with van der Waals surface area (Å²) in [5.74, 6) is 0.452. The molecular formula is C19H20N4O5S. The number of carbonyl (C=O) groups is 2. The van der Waals surface area contributed by atoms with Gasteiger partial charge in [-0.25, -0.2) is 0 Å². The Morgan fingerprint density at radius 2 is 1.97 bits per heavy atom. The topological polar surface area (TPSA) is 96.9 Å². The van der Waals surface area contributed by atoms with E-state index in [2.05, 4.69) is 10.1 Å². The van der Waals surface area contributed by atoms with Crippen molar-refractivity contribution in [3.05, 3.63) is 34.4 Å². The number of benzene rings is 1. The monoisotopic (exact) mass is 416 g/mol. The van der Waals surface area contributed by atoms with Crippen LogP contribution in [0.2, 0.25) is 0 Å². The van der Waals surface area contributed by atoms with Crippen molar-refractivity contribution in [1.82, 2.24) is 14.3 Å². The molecule has 1 amide bonds. The lowest BCUT2D eigenvalue weighted by Gasteiger charge is -2.06. The summed E-state index contributed by atoms with van der Waals surface area (Å²) in [6.07, 6.45) is 0. The molecule has 3 heterocycles. The summed E-state index contributed by atoms with van der Waals surface area (Å²) in [7, 11) is 0. The van der Waals surface area contributed by atoms with Gasteiger partial charge < -0.3 is 18.8 Å². The van der Waals surface area contributed by atoms with Crippen molar-refractivity contribution in [1.29, 1.82) is 0 Å². The van der Waals surface area contributed by atoms with Gasteiger partial charge in [-0.15, -0.1) is 0 Å². The minimum Gasteiger partial charge on any atom is -0.465 e. The minimum atomic E-state index is -0.405. The van der Waals surface area contributed by atoms with Crippen LogP contribution in [0.3, 0.4) is 0 Å². The van der Waals surface area contributed by atoms with Crippen LogP contribution >= 0.6 is 11.3 Å². The number of nitrogens with zero attached hydrogens (tertiary/aromatic N) is 4. The third-order valence-corrected chi connectivity index (χ3v) is 5.42. The third-order valence-electron chi connectivity index (χ3n) is 4.38. The van der Waals surface area contributed by atoms with Crippen LogP contribution in [0.4, 0.5) is 0 Å². The molecule has 0 N–H and O–H groups in total. The summed E-state index contributed by atoms with van der Waals surface area (Å²) in [5, 5.41) is 4.30. The number of ether oxygens (including phenoxy) is 3. The summed E-state index contributed by atoms with van der Waals surface area (Å²) in [4.78, 5) is 29.4. The second-order valence-corrected chi connectivity index (χ2v) is 7.55. The molecule has 0 aliphatic carbocycles. The summed E-state index contributed by atoms with van der Waals surface area (Å²) >= 11 is 1.30. The standard InChI is InChI=1S/C19H20N4O5S/c1-4-26-18(25)9-22-13-6-14-15(28-10-27-14)7-16(13)29-19(22)20-17(24)8-23-12(3)5-11(2)21-23/h5-7H,4,8-10H2,1-3H3. The molecule has 2 aromatic heterocycles. The lowest BCUT2D eigenvalue weighted by atomic mass is 10.3. The maximum Gasteiger partial charge on any atom is 0.326 e. The Kier molecular flexibility index (Phi) is 5.10. The van der Waals surface area contributed by atoms with Crippen molar-refractivity contribution >= 4 is 33.4 Å². The number of esters is 1. The fraction of sp³-hybridized carbons (Fsp3) is 0.368. The predicted molar refractivity (Wildman–Crippen MR) is 105 cm³/mol. The maximum absolute atomic E-state index is 12.6. The van der Waals surface area contributed by atoms with Gasteiger partial charge in [0.25, 0.3) is 5.91 Å². The summed E-state index contributed by atoms with van der Waals surface area (Å²) in [6.45, 7) is 5.90. The Labute approximate surface area is 170 Å². The van der Waals surface area contributed by atoms with Crippen LogP contribution in [0.5, 0.6) is 11.5 Å². The van der Waals surface area contributed by atoms with E-state index >= 15 is 0 Å². The number of thiazole rings is 1. The average Bonchev–Trinajstić information content (AvgIpc) is 3.32. The molecule has 9 nitrogen and oxygen atoms in total. The van der Waals surface area contributed by atoms with E-state index in [9.17, 15) is 9.59 Å². The van der Waals surface area contributed by atoms with Gasteiger partial charge in [-0.05, 0) is 26.8 Å². The Hall–Kier alpha value is -3.14. The zero-order valence-electron chi connectivity index (χ0n) is 16.3. The van der Waals surface area contributed by atoms with E-state index in [4.69, 9.17) is 14.2 Å². The molecule has 4 rings (SSSR count). The molecule has 1 aliphatic heterocycles. The van der Waals surface area contributed by atoms with E-state index in [1.165, 1.54) is 11.3 Å². The normalized spacial score (nSPS) is 13.3. The molecule has 0 saturated carbocycles. The predicted octanol–water partition coefficient (Wildman–Crippen LogP) is 1.94. The van der Waals surface area contributed by atoms with Crippen molar-refractivity contribution in [3.63, 3.8) is 0 Å². The first kappa shape index (κ1) is 19.2. The van der Waals surface area contributed by atoms with Gasteiger partial charge in [0.05, 0.1) is 22.5 Å². The molecule has 0 radical (unpaired) electrons. The van der Waals surface area contributed by atoms with Crippen LogP contribution in [0.15, 0.2) is 23.2 Å². The fourth-order valence-electron chi connectivity index (χ4n) is 3.14. The highest BCUT2D eigenvalue weighted by atomic mass is 32.1. The van der Waals surface area contributed by atoms with Crippen molar-refractivity contribution in [3.8, 4) is 11.5 Å². The highest BCUT2D eigenvalue weighted by molar-refractivity contribution is 7.16. The largest absolute Gasteiger partial charge is 0.465 e. The molecule has 0 unspecified atom stereocenters. The van der Waals surface area contributed by atoms with Crippen LogP contribution in [-0.4, -0.2) is 39.6 Å². The van der Waals surface area contributed by atoms with Crippen LogP contribution < -0.4 is 14.3 Å². The molecule has 152 valence electrons. The number of hydrogen-bond acceptors (Lipinski definition) is 7. The number of fused-ring (bicyclic) bond motifs is 2. The van der Waals surface area contributed by atoms with Crippen LogP contribution in [-0.2, 0) is 27.4 Å². The number of rotatable bonds is 5. The third kappa shape index (κ3) is 3.88. The van der Waals surface area contributed by atoms with E-state index in [-0.39, 0.29) is 32.4 Å². The van der Waals surface area contributed by atoms with Gasteiger partial charge in [-0.2, -0.15) is 10.1 Å². The molecule has 0 bridgehead atoms. The molecule has 3 aromatic rings. The van der Waals surface area contributed by atoms with Gasteiger partial charge in [0, 0.05) is 17.8 Å². The van der Waals surface area contributed by atoms with Gasteiger partial charge in [0.15, 0.2) is 16.3 Å². The molecule has 1 aromatic carbocycles. The van der Waals surface area contributed by atoms with Gasteiger partial charge in [-0.1, -0.05) is 11.3 Å². The van der Waals surface area contributed by atoms with Crippen molar-refractivity contribution in [2.24, 2.45) is 4.99 Å². The van der Waals surface area contributed by atoms with Crippen molar-refractivity contribution in [2.45, 2.75) is 33.9 Å². The second kappa shape index (κ2) is 7.70. The Bertz CT molecular complexity index is 1170. The number of amides is 1. The van der Waals surface area contributed by atoms with E-state index in [0.29, 0.717) is 16.3 Å². The molecule has 0 spiro atoms. The molecule has 1 aliphatic rings. The van der Waals surface area contributed by atoms with Crippen LogP contribution in [0, 0.1) is 13.8 Å². The molecule has 29 heavy (non-hydrogen) atoms. The number of aromatic nitrogens is 3. The molecule has 10 heteroatoms. The molecule has 0 atom stereocenters. The van der Waals surface area contributed by atoms with Gasteiger partial charge in [-0.3, -0.25) is 14.3 Å². The van der Waals surface area contributed by atoms with Gasteiger partial charge in [0.2, 0.25) is 6.79 Å². The second-order valence-electron chi connectivity index (χ2n) is 6.54. The molecular weight excluding hydrogens is 396 g/mol. The Morgan fingerprint density at radius 1 is 1.21 bits per heavy atom. The first-order chi connectivity index (χ1) is 13.9. The first-order valence-electron chi connectivity index (χ1n) is 9.12. The van der Waals surface area contributed by atoms with Crippen LogP contribution in [0.1, 0.15) is 18.3 Å². The number of hydrogen-bond donors (Lipinski definition) is 0. The zero-order valence-corrected chi connectivity index (χ0v) is 17.1. The number of carbonyl (C=O) groups excluding carboxylic acids is 2. The van der Waals surface area contributed by atoms with E-state index in [0.717, 1.165) is 21.6 Å². The van der Waals surface area contributed by atoms with Crippen molar-refractivity contribution in [2.75, 3.05) is 13.4 Å². The average molecular weight is 416 g/mol. The molecule has 0 saturated heterocycles. The SMILES string of the molecule is CCOC(=O)Cn1c(=NC(=O)Cn2nc(C)cc2C)sc2cc3c(cc21)OCO3. The number of aryl methyl sites for hydroxylation is 2. The Balaban J connectivity index is 1.75. The quantitative estimate of drug-likeness (QED) is 0.590. The van der Waals surface area contributed by atoms with E-state index in [1.807, 2.05) is 26.0 Å². The highest BCUT2D eigenvalue weighted by Crippen LogP contribution is 2.37. The Morgan fingerprint density at radius 3 is 2.66 bits per heavy atom.